The quantitative estimate of drug-likeness (QED) is 0.908. The number of carbonyl (C=O) groups excluding carboxylic acids is 1. The first-order chi connectivity index (χ1) is 11.8. The lowest BCUT2D eigenvalue weighted by atomic mass is 9.97. The molecule has 126 valence electrons. The van der Waals surface area contributed by atoms with Gasteiger partial charge in [-0.2, -0.15) is 5.10 Å². The minimum atomic E-state index is 0.0217. The summed E-state index contributed by atoms with van der Waals surface area (Å²) in [5.41, 5.74) is 1.63. The molecule has 1 saturated heterocycles. The van der Waals surface area contributed by atoms with Crippen LogP contribution in [0.2, 0.25) is 0 Å². The number of amides is 1. The fourth-order valence-corrected chi connectivity index (χ4v) is 3.05. The third kappa shape index (κ3) is 3.39. The SMILES string of the molecule is O=C(c1cnc[nH]1)N1CCC(COc2ccc(C3CC3)nn2)CC1. The van der Waals surface area contributed by atoms with Crippen molar-refractivity contribution in [3.8, 4) is 5.88 Å². The van der Waals surface area contributed by atoms with Crippen molar-refractivity contribution in [1.82, 2.24) is 25.1 Å². The molecule has 1 saturated carbocycles. The number of rotatable bonds is 5. The van der Waals surface area contributed by atoms with Gasteiger partial charge in [0.15, 0.2) is 0 Å². The molecule has 0 bridgehead atoms. The molecule has 2 fully saturated rings. The van der Waals surface area contributed by atoms with Crippen LogP contribution in [0, 0.1) is 5.92 Å². The van der Waals surface area contributed by atoms with Crippen LogP contribution in [0.5, 0.6) is 5.88 Å². The summed E-state index contributed by atoms with van der Waals surface area (Å²) in [5.74, 6) is 1.67. The molecule has 1 N–H and O–H groups in total. The Morgan fingerprint density at radius 2 is 2.04 bits per heavy atom. The summed E-state index contributed by atoms with van der Waals surface area (Å²) in [6.45, 7) is 2.12. The van der Waals surface area contributed by atoms with Crippen LogP contribution in [0.25, 0.3) is 0 Å². The molecule has 4 rings (SSSR count). The van der Waals surface area contributed by atoms with E-state index in [2.05, 4.69) is 20.2 Å². The molecular weight excluding hydrogens is 306 g/mol. The van der Waals surface area contributed by atoms with E-state index in [0.717, 1.165) is 31.6 Å². The lowest BCUT2D eigenvalue weighted by molar-refractivity contribution is 0.0654. The Balaban J connectivity index is 1.23. The Morgan fingerprint density at radius 1 is 1.21 bits per heavy atom. The van der Waals surface area contributed by atoms with Gasteiger partial charge in [0, 0.05) is 25.1 Å². The van der Waals surface area contributed by atoms with Gasteiger partial charge in [0.25, 0.3) is 5.91 Å². The Hall–Kier alpha value is -2.44. The Morgan fingerprint density at radius 3 is 2.67 bits per heavy atom. The van der Waals surface area contributed by atoms with Crippen LogP contribution in [0.1, 0.15) is 47.8 Å². The van der Waals surface area contributed by atoms with Crippen LogP contribution >= 0.6 is 0 Å². The summed E-state index contributed by atoms with van der Waals surface area (Å²) in [5, 5.41) is 8.38. The van der Waals surface area contributed by atoms with Gasteiger partial charge in [-0.15, -0.1) is 5.10 Å². The molecule has 0 radical (unpaired) electrons. The molecule has 7 heteroatoms. The van der Waals surface area contributed by atoms with Crippen LogP contribution in [-0.4, -0.2) is 50.7 Å². The average Bonchev–Trinajstić information content (AvgIpc) is 3.34. The zero-order valence-electron chi connectivity index (χ0n) is 13.5. The van der Waals surface area contributed by atoms with Gasteiger partial charge in [0.2, 0.25) is 5.88 Å². The number of likely N-dealkylation sites (tertiary alicyclic amines) is 1. The summed E-state index contributed by atoms with van der Waals surface area (Å²) >= 11 is 0. The van der Waals surface area contributed by atoms with E-state index in [-0.39, 0.29) is 5.91 Å². The van der Waals surface area contributed by atoms with Crippen molar-refractivity contribution in [1.29, 1.82) is 0 Å². The Labute approximate surface area is 140 Å². The summed E-state index contributed by atoms with van der Waals surface area (Å²) < 4.78 is 5.78. The normalized spacial score (nSPS) is 18.6. The first-order valence-electron chi connectivity index (χ1n) is 8.53. The highest BCUT2D eigenvalue weighted by atomic mass is 16.5. The molecule has 0 unspecified atom stereocenters. The fourth-order valence-electron chi connectivity index (χ4n) is 3.05. The monoisotopic (exact) mass is 327 g/mol. The smallest absolute Gasteiger partial charge is 0.271 e. The number of piperidine rings is 1. The van der Waals surface area contributed by atoms with E-state index >= 15 is 0 Å². The minimum absolute atomic E-state index is 0.0217. The maximum Gasteiger partial charge on any atom is 0.271 e. The standard InChI is InChI=1S/C17H21N5O2/c23-17(15-9-18-11-19-15)22-7-5-12(6-8-22)10-24-16-4-3-14(20-21-16)13-1-2-13/h3-4,9,11-13H,1-2,5-8,10H2,(H,18,19). The second-order valence-corrected chi connectivity index (χ2v) is 6.58. The highest BCUT2D eigenvalue weighted by Crippen LogP contribution is 2.38. The number of aromatic nitrogens is 4. The van der Waals surface area contributed by atoms with E-state index in [1.807, 2.05) is 17.0 Å². The van der Waals surface area contributed by atoms with Gasteiger partial charge >= 0.3 is 0 Å². The number of nitrogens with one attached hydrogen (secondary N) is 1. The van der Waals surface area contributed by atoms with E-state index in [1.54, 1.807) is 6.20 Å². The van der Waals surface area contributed by atoms with Crippen LogP contribution < -0.4 is 4.74 Å². The van der Waals surface area contributed by atoms with Gasteiger partial charge in [-0.25, -0.2) is 4.98 Å². The summed E-state index contributed by atoms with van der Waals surface area (Å²) in [6.07, 6.45) is 7.43. The molecule has 1 amide bonds. The molecule has 0 spiro atoms. The summed E-state index contributed by atoms with van der Waals surface area (Å²) in [6, 6.07) is 3.93. The Bertz CT molecular complexity index is 674. The van der Waals surface area contributed by atoms with Gasteiger partial charge in [-0.3, -0.25) is 4.79 Å². The number of carbonyl (C=O) groups is 1. The van der Waals surface area contributed by atoms with Gasteiger partial charge in [0.1, 0.15) is 5.69 Å². The Kier molecular flexibility index (Phi) is 4.15. The largest absolute Gasteiger partial charge is 0.476 e. The first kappa shape index (κ1) is 15.1. The zero-order chi connectivity index (χ0) is 16.4. The van der Waals surface area contributed by atoms with Crippen molar-refractivity contribution < 1.29 is 9.53 Å². The van der Waals surface area contributed by atoms with E-state index in [1.165, 1.54) is 19.2 Å². The predicted molar refractivity (Wildman–Crippen MR) is 86.7 cm³/mol. The molecule has 2 aliphatic rings. The topological polar surface area (TPSA) is 84.0 Å². The van der Waals surface area contributed by atoms with E-state index in [9.17, 15) is 4.79 Å². The van der Waals surface area contributed by atoms with Crippen LogP contribution in [-0.2, 0) is 0 Å². The van der Waals surface area contributed by atoms with Crippen molar-refractivity contribution in [2.75, 3.05) is 19.7 Å². The number of nitrogens with zero attached hydrogens (tertiary/aromatic N) is 4. The number of hydrogen-bond acceptors (Lipinski definition) is 5. The molecular formula is C17H21N5O2. The van der Waals surface area contributed by atoms with Gasteiger partial charge in [-0.05, 0) is 37.7 Å². The lowest BCUT2D eigenvalue weighted by Crippen LogP contribution is -2.39. The molecule has 2 aromatic rings. The molecule has 0 atom stereocenters. The molecule has 1 aliphatic heterocycles. The third-order valence-corrected chi connectivity index (χ3v) is 4.75. The van der Waals surface area contributed by atoms with Gasteiger partial charge < -0.3 is 14.6 Å². The van der Waals surface area contributed by atoms with Crippen LogP contribution in [0.15, 0.2) is 24.7 Å². The van der Waals surface area contributed by atoms with Crippen molar-refractivity contribution in [3.05, 3.63) is 36.0 Å². The van der Waals surface area contributed by atoms with Crippen LogP contribution in [0.4, 0.5) is 0 Å². The maximum absolute atomic E-state index is 12.2. The van der Waals surface area contributed by atoms with Gasteiger partial charge in [-0.1, -0.05) is 0 Å². The molecule has 7 nitrogen and oxygen atoms in total. The molecule has 24 heavy (non-hydrogen) atoms. The van der Waals surface area contributed by atoms with Crippen molar-refractivity contribution >= 4 is 5.91 Å². The average molecular weight is 327 g/mol. The lowest BCUT2D eigenvalue weighted by Gasteiger charge is -2.31. The highest BCUT2D eigenvalue weighted by molar-refractivity contribution is 5.92. The number of aromatic amines is 1. The second-order valence-electron chi connectivity index (χ2n) is 6.58. The van der Waals surface area contributed by atoms with E-state index in [4.69, 9.17) is 4.74 Å². The fraction of sp³-hybridized carbons (Fsp3) is 0.529. The first-order valence-corrected chi connectivity index (χ1v) is 8.53. The molecule has 1 aliphatic carbocycles. The molecule has 0 aromatic carbocycles. The van der Waals surface area contributed by atoms with E-state index < -0.39 is 0 Å². The highest BCUT2D eigenvalue weighted by Gasteiger charge is 2.26. The van der Waals surface area contributed by atoms with E-state index in [0.29, 0.717) is 30.0 Å². The summed E-state index contributed by atoms with van der Waals surface area (Å²) in [7, 11) is 0. The molecule has 3 heterocycles. The third-order valence-electron chi connectivity index (χ3n) is 4.75. The number of H-pyrrole nitrogens is 1. The van der Waals surface area contributed by atoms with Crippen LogP contribution in [0.3, 0.4) is 0 Å². The summed E-state index contributed by atoms with van der Waals surface area (Å²) in [4.78, 5) is 20.9. The second kappa shape index (κ2) is 6.59. The van der Waals surface area contributed by atoms with Crippen molar-refractivity contribution in [3.63, 3.8) is 0 Å². The predicted octanol–water partition coefficient (Wildman–Crippen LogP) is 2.01. The number of hydrogen-bond donors (Lipinski definition) is 1. The minimum Gasteiger partial charge on any atom is -0.476 e. The van der Waals surface area contributed by atoms with Crippen molar-refractivity contribution in [2.24, 2.45) is 5.92 Å². The maximum atomic E-state index is 12.2. The molecule has 2 aromatic heterocycles. The van der Waals surface area contributed by atoms with Gasteiger partial charge in [0.05, 0.1) is 24.8 Å². The van der Waals surface area contributed by atoms with Crippen molar-refractivity contribution in [2.45, 2.75) is 31.6 Å². The number of ether oxygens (including phenoxy) is 1. The number of imidazole rings is 1. The zero-order valence-corrected chi connectivity index (χ0v) is 13.5.